The smallest absolute Gasteiger partial charge is 0.256 e. The summed E-state index contributed by atoms with van der Waals surface area (Å²) < 4.78 is 1.63. The first-order valence-corrected chi connectivity index (χ1v) is 7.63. The van der Waals surface area contributed by atoms with Gasteiger partial charge in [0.05, 0.1) is 5.56 Å². The summed E-state index contributed by atoms with van der Waals surface area (Å²) in [4.78, 5) is 12.5. The van der Waals surface area contributed by atoms with Crippen LogP contribution in [0.2, 0.25) is 0 Å². The van der Waals surface area contributed by atoms with Crippen LogP contribution in [-0.4, -0.2) is 10.9 Å². The molecule has 102 valence electrons. The Balaban J connectivity index is 2.17. The molecule has 2 rings (SSSR count). The number of hydrogen-bond donors (Lipinski definition) is 2. The molecule has 2 aromatic carbocycles. The second-order valence-corrected chi connectivity index (χ2v) is 6.23. The Morgan fingerprint density at radius 1 is 1.10 bits per heavy atom. The number of carbonyl (C=O) groups excluding carboxylic acids is 1. The minimum atomic E-state index is -0.188. The third-order valence-corrected chi connectivity index (χ3v) is 3.99. The van der Waals surface area contributed by atoms with E-state index < -0.39 is 0 Å². The summed E-state index contributed by atoms with van der Waals surface area (Å²) in [5, 5.41) is 2.82. The summed E-state index contributed by atoms with van der Waals surface area (Å²) in [6.07, 6.45) is 0. The van der Waals surface area contributed by atoms with Crippen molar-refractivity contribution in [3.8, 4) is 0 Å². The average molecular weight is 414 g/mol. The van der Waals surface area contributed by atoms with E-state index in [1.807, 2.05) is 12.1 Å². The van der Waals surface area contributed by atoms with Crippen molar-refractivity contribution in [2.24, 2.45) is 5.73 Å². The topological polar surface area (TPSA) is 55.1 Å². The molecule has 0 fully saturated rings. The molecular weight excluding hydrogens is 404 g/mol. The fraction of sp³-hybridized carbons (Fsp3) is 0. The van der Waals surface area contributed by atoms with Gasteiger partial charge in [0, 0.05) is 20.2 Å². The van der Waals surface area contributed by atoms with Crippen molar-refractivity contribution in [3.63, 3.8) is 0 Å². The van der Waals surface area contributed by atoms with Crippen LogP contribution in [-0.2, 0) is 0 Å². The predicted octanol–water partition coefficient (Wildman–Crippen LogP) is 4.10. The summed E-state index contributed by atoms with van der Waals surface area (Å²) in [6, 6.07) is 12.5. The highest BCUT2D eigenvalue weighted by Gasteiger charge is 2.10. The number of nitrogens with two attached hydrogens (primary N) is 1. The van der Waals surface area contributed by atoms with Gasteiger partial charge in [0.1, 0.15) is 4.99 Å². The van der Waals surface area contributed by atoms with Gasteiger partial charge >= 0.3 is 0 Å². The molecule has 3 N–H and O–H groups in total. The van der Waals surface area contributed by atoms with Gasteiger partial charge in [0.25, 0.3) is 5.91 Å². The molecule has 1 amide bonds. The lowest BCUT2D eigenvalue weighted by atomic mass is 10.2. The molecule has 0 bridgehead atoms. The maximum atomic E-state index is 12.2. The van der Waals surface area contributed by atoms with Gasteiger partial charge in [-0.3, -0.25) is 4.79 Å². The van der Waals surface area contributed by atoms with E-state index in [2.05, 4.69) is 37.2 Å². The summed E-state index contributed by atoms with van der Waals surface area (Å²) >= 11 is 11.6. The van der Waals surface area contributed by atoms with Gasteiger partial charge in [0.15, 0.2) is 0 Å². The van der Waals surface area contributed by atoms with E-state index in [4.69, 9.17) is 18.0 Å². The predicted molar refractivity (Wildman–Crippen MR) is 92.1 cm³/mol. The van der Waals surface area contributed by atoms with Crippen LogP contribution in [0.5, 0.6) is 0 Å². The Bertz CT molecular complexity index is 671. The van der Waals surface area contributed by atoms with Gasteiger partial charge in [-0.2, -0.15) is 0 Å². The highest BCUT2D eigenvalue weighted by molar-refractivity contribution is 9.11. The van der Waals surface area contributed by atoms with Crippen LogP contribution >= 0.6 is 44.1 Å². The Hall–Kier alpha value is -1.24. The molecule has 0 aliphatic rings. The van der Waals surface area contributed by atoms with E-state index in [1.165, 1.54) is 0 Å². The van der Waals surface area contributed by atoms with Gasteiger partial charge < -0.3 is 11.1 Å². The molecule has 0 spiro atoms. The van der Waals surface area contributed by atoms with Crippen molar-refractivity contribution in [1.82, 2.24) is 0 Å². The molecule has 0 aromatic heterocycles. The first-order chi connectivity index (χ1) is 9.47. The second-order valence-electron chi connectivity index (χ2n) is 4.02. The Kier molecular flexibility index (Phi) is 4.91. The number of thiocarbonyl (C=S) groups is 1. The third-order valence-electron chi connectivity index (χ3n) is 2.60. The Morgan fingerprint density at radius 3 is 2.30 bits per heavy atom. The maximum absolute atomic E-state index is 12.2. The van der Waals surface area contributed by atoms with E-state index in [9.17, 15) is 4.79 Å². The van der Waals surface area contributed by atoms with Gasteiger partial charge in [-0.05, 0) is 58.4 Å². The van der Waals surface area contributed by atoms with Crippen molar-refractivity contribution >= 4 is 60.7 Å². The fourth-order valence-electron chi connectivity index (χ4n) is 1.59. The second kappa shape index (κ2) is 6.47. The van der Waals surface area contributed by atoms with E-state index in [0.717, 1.165) is 14.5 Å². The summed E-state index contributed by atoms with van der Waals surface area (Å²) in [5.74, 6) is -0.188. The molecule has 0 saturated carbocycles. The maximum Gasteiger partial charge on any atom is 0.256 e. The molecule has 0 unspecified atom stereocenters. The number of anilines is 1. The Morgan fingerprint density at radius 2 is 1.75 bits per heavy atom. The molecule has 3 nitrogen and oxygen atoms in total. The number of rotatable bonds is 3. The largest absolute Gasteiger partial charge is 0.389 e. The molecular formula is C14H10Br2N2OS. The number of amides is 1. The van der Waals surface area contributed by atoms with Crippen LogP contribution in [0.25, 0.3) is 0 Å². The van der Waals surface area contributed by atoms with Crippen LogP contribution in [0.1, 0.15) is 15.9 Å². The minimum Gasteiger partial charge on any atom is -0.389 e. The van der Waals surface area contributed by atoms with E-state index in [1.54, 1.807) is 30.3 Å². The van der Waals surface area contributed by atoms with Gasteiger partial charge in [-0.1, -0.05) is 28.1 Å². The molecule has 0 aliphatic heterocycles. The van der Waals surface area contributed by atoms with Crippen LogP contribution < -0.4 is 11.1 Å². The van der Waals surface area contributed by atoms with Crippen LogP contribution in [0.15, 0.2) is 51.4 Å². The van der Waals surface area contributed by atoms with E-state index in [0.29, 0.717) is 16.2 Å². The average Bonchev–Trinajstić information content (AvgIpc) is 2.39. The van der Waals surface area contributed by atoms with Crippen molar-refractivity contribution in [1.29, 1.82) is 0 Å². The van der Waals surface area contributed by atoms with Gasteiger partial charge in [-0.25, -0.2) is 0 Å². The molecule has 0 radical (unpaired) electrons. The quantitative estimate of drug-likeness (QED) is 0.744. The highest BCUT2D eigenvalue weighted by Crippen LogP contribution is 2.23. The number of benzene rings is 2. The van der Waals surface area contributed by atoms with Crippen molar-refractivity contribution in [2.45, 2.75) is 0 Å². The fourth-order valence-corrected chi connectivity index (χ4v) is 2.95. The SMILES string of the molecule is NC(=S)c1ccc(NC(=O)c2ccc(Br)cc2Br)cc1. The zero-order valence-electron chi connectivity index (χ0n) is 10.2. The first kappa shape index (κ1) is 15.2. The van der Waals surface area contributed by atoms with Crippen LogP contribution in [0.4, 0.5) is 5.69 Å². The normalized spacial score (nSPS) is 10.1. The van der Waals surface area contributed by atoms with Crippen LogP contribution in [0.3, 0.4) is 0 Å². The Labute approximate surface area is 138 Å². The van der Waals surface area contributed by atoms with Gasteiger partial charge in [-0.15, -0.1) is 0 Å². The number of hydrogen-bond acceptors (Lipinski definition) is 2. The standard InChI is InChI=1S/C14H10Br2N2OS/c15-9-3-6-11(12(16)7-9)14(19)18-10-4-1-8(2-5-10)13(17)20/h1-7H,(H2,17,20)(H,18,19). The van der Waals surface area contributed by atoms with E-state index in [-0.39, 0.29) is 5.91 Å². The molecule has 0 atom stereocenters. The minimum absolute atomic E-state index is 0.188. The first-order valence-electron chi connectivity index (χ1n) is 5.63. The van der Waals surface area contributed by atoms with Crippen molar-refractivity contribution in [3.05, 3.63) is 62.5 Å². The molecule has 2 aromatic rings. The molecule has 6 heteroatoms. The summed E-state index contributed by atoms with van der Waals surface area (Å²) in [6.45, 7) is 0. The number of nitrogens with one attached hydrogen (secondary N) is 1. The lowest BCUT2D eigenvalue weighted by Crippen LogP contribution is -2.13. The zero-order valence-corrected chi connectivity index (χ0v) is 14.2. The number of carbonyl (C=O) groups is 1. The van der Waals surface area contributed by atoms with Crippen molar-refractivity contribution in [2.75, 3.05) is 5.32 Å². The third kappa shape index (κ3) is 3.65. The molecule has 0 aliphatic carbocycles. The van der Waals surface area contributed by atoms with Crippen LogP contribution in [0, 0.1) is 0 Å². The zero-order chi connectivity index (χ0) is 14.7. The van der Waals surface area contributed by atoms with Crippen molar-refractivity contribution < 1.29 is 4.79 Å². The molecule has 20 heavy (non-hydrogen) atoms. The summed E-state index contributed by atoms with van der Waals surface area (Å²) in [7, 11) is 0. The highest BCUT2D eigenvalue weighted by atomic mass is 79.9. The lowest BCUT2D eigenvalue weighted by molar-refractivity contribution is 0.102. The number of halogens is 2. The van der Waals surface area contributed by atoms with Gasteiger partial charge in [0.2, 0.25) is 0 Å². The summed E-state index contributed by atoms with van der Waals surface area (Å²) in [5.41, 5.74) is 7.54. The lowest BCUT2D eigenvalue weighted by Gasteiger charge is -2.08. The molecule has 0 saturated heterocycles. The molecule has 0 heterocycles. The van der Waals surface area contributed by atoms with E-state index >= 15 is 0 Å². The monoisotopic (exact) mass is 412 g/mol.